The van der Waals surface area contributed by atoms with Gasteiger partial charge in [0, 0.05) is 40.2 Å². The third kappa shape index (κ3) is 3.11. The molecule has 0 aromatic heterocycles. The first-order chi connectivity index (χ1) is 8.89. The highest BCUT2D eigenvalue weighted by atomic mass is 32.2. The Morgan fingerprint density at radius 1 is 1.37 bits per heavy atom. The molecule has 6 nitrogen and oxygen atoms in total. The third-order valence-corrected chi connectivity index (χ3v) is 5.94. The van der Waals surface area contributed by atoms with Crippen LogP contribution >= 0.6 is 0 Å². The van der Waals surface area contributed by atoms with Gasteiger partial charge in [-0.2, -0.15) is 17.0 Å². The Hall–Kier alpha value is -0.210. The minimum atomic E-state index is -3.29. The molecule has 0 bridgehead atoms. The molecule has 0 radical (unpaired) electrons. The summed E-state index contributed by atoms with van der Waals surface area (Å²) in [7, 11) is -0.157. The van der Waals surface area contributed by atoms with Crippen molar-refractivity contribution in [1.29, 1.82) is 0 Å². The van der Waals surface area contributed by atoms with Crippen molar-refractivity contribution in [3.8, 4) is 0 Å². The largest absolute Gasteiger partial charge is 0.376 e. The van der Waals surface area contributed by atoms with E-state index in [-0.39, 0.29) is 11.7 Å². The van der Waals surface area contributed by atoms with E-state index in [0.717, 1.165) is 19.3 Å². The van der Waals surface area contributed by atoms with E-state index in [2.05, 4.69) is 0 Å². The zero-order valence-electron chi connectivity index (χ0n) is 12.0. The number of hydrogen-bond acceptors (Lipinski definition) is 4. The van der Waals surface area contributed by atoms with Crippen molar-refractivity contribution in [1.82, 2.24) is 8.61 Å². The topological polar surface area (TPSA) is 59.1 Å². The van der Waals surface area contributed by atoms with Crippen LogP contribution in [0, 0.1) is 0 Å². The summed E-state index contributed by atoms with van der Waals surface area (Å²) < 4.78 is 38.4. The van der Waals surface area contributed by atoms with Gasteiger partial charge in [-0.05, 0) is 19.8 Å². The normalized spacial score (nSPS) is 28.3. The second-order valence-electron chi connectivity index (χ2n) is 5.46. The average Bonchev–Trinajstić information content (AvgIpc) is 2.73. The summed E-state index contributed by atoms with van der Waals surface area (Å²) in [5.41, 5.74) is -0.168. The third-order valence-electron chi connectivity index (χ3n) is 4.00. The smallest absolute Gasteiger partial charge is 0.281 e. The van der Waals surface area contributed by atoms with Gasteiger partial charge >= 0.3 is 0 Å². The van der Waals surface area contributed by atoms with Crippen LogP contribution < -0.4 is 0 Å². The fourth-order valence-corrected chi connectivity index (χ4v) is 3.95. The molecule has 2 rings (SSSR count). The minimum Gasteiger partial charge on any atom is -0.376 e. The molecule has 112 valence electrons. The van der Waals surface area contributed by atoms with Crippen LogP contribution in [0.15, 0.2) is 0 Å². The van der Waals surface area contributed by atoms with Crippen molar-refractivity contribution in [2.24, 2.45) is 0 Å². The van der Waals surface area contributed by atoms with Crippen LogP contribution in [0.5, 0.6) is 0 Å². The number of ether oxygens (including phenoxy) is 2. The monoisotopic (exact) mass is 292 g/mol. The number of hydrogen-bond donors (Lipinski definition) is 0. The van der Waals surface area contributed by atoms with Crippen LogP contribution in [0.25, 0.3) is 0 Å². The summed E-state index contributed by atoms with van der Waals surface area (Å²) in [6, 6.07) is 0. The molecule has 1 atom stereocenters. The predicted octanol–water partition coefficient (Wildman–Crippen LogP) is 0.453. The van der Waals surface area contributed by atoms with Crippen LogP contribution in [0.3, 0.4) is 0 Å². The van der Waals surface area contributed by atoms with E-state index in [9.17, 15) is 8.42 Å². The van der Waals surface area contributed by atoms with Gasteiger partial charge in [0.15, 0.2) is 0 Å². The fraction of sp³-hybridized carbons (Fsp3) is 1.00. The van der Waals surface area contributed by atoms with Crippen LogP contribution in [0.2, 0.25) is 0 Å². The zero-order valence-corrected chi connectivity index (χ0v) is 12.8. The lowest BCUT2D eigenvalue weighted by atomic mass is 9.89. The van der Waals surface area contributed by atoms with E-state index >= 15 is 0 Å². The molecule has 2 aliphatic rings. The summed E-state index contributed by atoms with van der Waals surface area (Å²) in [5.74, 6) is 0. The van der Waals surface area contributed by atoms with Gasteiger partial charge in [-0.15, -0.1) is 0 Å². The van der Waals surface area contributed by atoms with E-state index in [1.54, 1.807) is 14.1 Å². The Bertz CT molecular complexity index is 402. The molecule has 2 fully saturated rings. The number of piperidine rings is 1. The van der Waals surface area contributed by atoms with E-state index in [4.69, 9.17) is 9.47 Å². The minimum absolute atomic E-state index is 0.168. The maximum absolute atomic E-state index is 12.0. The SMILES string of the molecule is CCO[C@@H]1COC2(CCN(S(=O)(=O)N(C)C)CC2)C1. The standard InChI is InChI=1S/C12H24N2O4S/c1-4-17-11-9-12(18-10-11)5-7-14(8-6-12)19(15,16)13(2)3/h11H,4-10H2,1-3H3/t11-/m0/s1. The Morgan fingerprint density at radius 3 is 2.53 bits per heavy atom. The molecule has 0 aliphatic carbocycles. The fourth-order valence-electron chi connectivity index (χ4n) is 2.85. The molecule has 2 heterocycles. The Balaban J connectivity index is 1.93. The predicted molar refractivity (Wildman–Crippen MR) is 72.1 cm³/mol. The van der Waals surface area contributed by atoms with Gasteiger partial charge in [0.05, 0.1) is 18.3 Å². The van der Waals surface area contributed by atoms with Crippen molar-refractivity contribution >= 4 is 10.2 Å². The van der Waals surface area contributed by atoms with Gasteiger partial charge in [0.2, 0.25) is 0 Å². The van der Waals surface area contributed by atoms with Crippen LogP contribution in [0.4, 0.5) is 0 Å². The first-order valence-electron chi connectivity index (χ1n) is 6.83. The Morgan fingerprint density at radius 2 is 2.00 bits per heavy atom. The van der Waals surface area contributed by atoms with Gasteiger partial charge in [0.25, 0.3) is 10.2 Å². The summed E-state index contributed by atoms with van der Waals surface area (Å²) >= 11 is 0. The molecule has 7 heteroatoms. The molecule has 2 saturated heterocycles. The molecule has 19 heavy (non-hydrogen) atoms. The maximum Gasteiger partial charge on any atom is 0.281 e. The summed E-state index contributed by atoms with van der Waals surface area (Å²) in [5, 5.41) is 0. The van der Waals surface area contributed by atoms with Gasteiger partial charge < -0.3 is 9.47 Å². The Labute approximate surface area is 115 Å². The molecule has 0 saturated carbocycles. The van der Waals surface area contributed by atoms with Crippen LogP contribution in [-0.2, 0) is 19.7 Å². The van der Waals surface area contributed by atoms with Crippen molar-refractivity contribution < 1.29 is 17.9 Å². The van der Waals surface area contributed by atoms with Crippen LogP contribution in [0.1, 0.15) is 26.2 Å². The lowest BCUT2D eigenvalue weighted by molar-refractivity contribution is -0.0340. The molecule has 0 amide bonds. The molecular weight excluding hydrogens is 268 g/mol. The van der Waals surface area contributed by atoms with Crippen molar-refractivity contribution in [2.75, 3.05) is 40.4 Å². The van der Waals surface area contributed by atoms with Gasteiger partial charge in [-0.1, -0.05) is 0 Å². The molecule has 0 aromatic carbocycles. The Kier molecular flexibility index (Phi) is 4.52. The van der Waals surface area contributed by atoms with Crippen LogP contribution in [-0.4, -0.2) is 69.1 Å². The summed E-state index contributed by atoms with van der Waals surface area (Å²) in [6.45, 7) is 4.37. The van der Waals surface area contributed by atoms with E-state index in [0.29, 0.717) is 26.3 Å². The first-order valence-corrected chi connectivity index (χ1v) is 8.22. The lowest BCUT2D eigenvalue weighted by Crippen LogP contribution is -2.49. The molecular formula is C12H24N2O4S. The van der Waals surface area contributed by atoms with Gasteiger partial charge in [-0.25, -0.2) is 0 Å². The second kappa shape index (κ2) is 5.65. The number of nitrogens with zero attached hydrogens (tertiary/aromatic N) is 2. The number of rotatable bonds is 4. The molecule has 0 unspecified atom stereocenters. The maximum atomic E-state index is 12.0. The summed E-state index contributed by atoms with van der Waals surface area (Å²) in [6.07, 6.45) is 2.56. The highest BCUT2D eigenvalue weighted by Crippen LogP contribution is 2.37. The van der Waals surface area contributed by atoms with Crippen molar-refractivity contribution in [3.05, 3.63) is 0 Å². The summed E-state index contributed by atoms with van der Waals surface area (Å²) in [4.78, 5) is 0. The molecule has 0 N–H and O–H groups in total. The van der Waals surface area contributed by atoms with Crippen molar-refractivity contribution in [2.45, 2.75) is 37.9 Å². The first kappa shape index (κ1) is 15.2. The van der Waals surface area contributed by atoms with Gasteiger partial charge in [0.1, 0.15) is 0 Å². The van der Waals surface area contributed by atoms with Gasteiger partial charge in [-0.3, -0.25) is 0 Å². The lowest BCUT2D eigenvalue weighted by Gasteiger charge is -2.38. The van der Waals surface area contributed by atoms with E-state index in [1.165, 1.54) is 8.61 Å². The molecule has 1 spiro atoms. The highest BCUT2D eigenvalue weighted by molar-refractivity contribution is 7.86. The zero-order chi connectivity index (χ0) is 14.1. The average molecular weight is 292 g/mol. The highest BCUT2D eigenvalue weighted by Gasteiger charge is 2.45. The molecule has 2 aliphatic heterocycles. The second-order valence-corrected chi connectivity index (χ2v) is 7.61. The molecule has 0 aromatic rings. The van der Waals surface area contributed by atoms with Crippen molar-refractivity contribution in [3.63, 3.8) is 0 Å². The van der Waals surface area contributed by atoms with E-state index < -0.39 is 10.2 Å². The quantitative estimate of drug-likeness (QED) is 0.755. The van der Waals surface area contributed by atoms with E-state index in [1.807, 2.05) is 6.92 Å².